The number of fused-ring (bicyclic) bond motifs is 2. The Morgan fingerprint density at radius 2 is 1.63 bits per heavy atom. The lowest BCUT2D eigenvalue weighted by Crippen LogP contribution is -2.25. The van der Waals surface area contributed by atoms with Gasteiger partial charge in [-0.15, -0.1) is 0 Å². The fourth-order valence-corrected chi connectivity index (χ4v) is 4.04. The van der Waals surface area contributed by atoms with Crippen LogP contribution in [0.4, 0.5) is 0 Å². The highest BCUT2D eigenvalue weighted by atomic mass is 16.2. The number of allylic oxidation sites excluding steroid dienone is 2. The number of hydrogen-bond acceptors (Lipinski definition) is 3. The summed E-state index contributed by atoms with van der Waals surface area (Å²) in [4.78, 5) is 40.7. The molecule has 1 amide bonds. The summed E-state index contributed by atoms with van der Waals surface area (Å²) in [5.41, 5.74) is 4.24. The summed E-state index contributed by atoms with van der Waals surface area (Å²) < 4.78 is 0. The Morgan fingerprint density at radius 3 is 2.43 bits per heavy atom. The molecule has 2 aromatic carbocycles. The van der Waals surface area contributed by atoms with Crippen LogP contribution >= 0.6 is 0 Å². The third-order valence-electron chi connectivity index (χ3n) is 5.71. The maximum Gasteiger partial charge on any atom is 0.220 e. The number of aromatic nitrogens is 1. The van der Waals surface area contributed by atoms with Crippen molar-refractivity contribution in [1.29, 1.82) is 0 Å². The standard InChI is InChI=1S/C25H24N2O3/c1-16-18(25(30)21-9-3-2-8-20(21)24(16)29)10-6-12-23(28)26-14-13-17-15-27-22-11-5-4-7-19(17)22/h2-5,7-9,11,15,27H,6,10,12-14H2,1H3,(H,26,28). The molecule has 1 aliphatic rings. The van der Waals surface area contributed by atoms with Gasteiger partial charge in [0.2, 0.25) is 5.91 Å². The van der Waals surface area contributed by atoms with Crippen LogP contribution in [0.1, 0.15) is 52.5 Å². The van der Waals surface area contributed by atoms with E-state index in [2.05, 4.69) is 16.4 Å². The number of rotatable bonds is 7. The van der Waals surface area contributed by atoms with E-state index >= 15 is 0 Å². The minimum atomic E-state index is -0.0950. The molecule has 0 spiro atoms. The second-order valence-electron chi connectivity index (χ2n) is 7.62. The predicted molar refractivity (Wildman–Crippen MR) is 117 cm³/mol. The van der Waals surface area contributed by atoms with Crippen molar-refractivity contribution in [3.63, 3.8) is 0 Å². The average molecular weight is 400 g/mol. The van der Waals surface area contributed by atoms with E-state index in [-0.39, 0.29) is 17.5 Å². The van der Waals surface area contributed by atoms with Crippen LogP contribution < -0.4 is 5.32 Å². The van der Waals surface area contributed by atoms with E-state index in [1.54, 1.807) is 31.2 Å². The van der Waals surface area contributed by atoms with E-state index in [1.807, 2.05) is 24.4 Å². The van der Waals surface area contributed by atoms with Crippen molar-refractivity contribution in [3.8, 4) is 0 Å². The third kappa shape index (κ3) is 3.83. The maximum absolute atomic E-state index is 12.7. The zero-order valence-electron chi connectivity index (χ0n) is 17.0. The van der Waals surface area contributed by atoms with Gasteiger partial charge >= 0.3 is 0 Å². The van der Waals surface area contributed by atoms with Crippen molar-refractivity contribution in [2.24, 2.45) is 0 Å². The summed E-state index contributed by atoms with van der Waals surface area (Å²) in [5, 5.41) is 4.13. The number of nitrogens with one attached hydrogen (secondary N) is 2. The SMILES string of the molecule is CC1=C(CCCC(=O)NCCc2c[nH]c3ccccc23)C(=O)c2ccccc2C1=O. The van der Waals surface area contributed by atoms with E-state index in [9.17, 15) is 14.4 Å². The van der Waals surface area contributed by atoms with Crippen LogP contribution in [0, 0.1) is 0 Å². The number of amides is 1. The molecule has 4 rings (SSSR count). The summed E-state index contributed by atoms with van der Waals surface area (Å²) in [7, 11) is 0. The maximum atomic E-state index is 12.7. The van der Waals surface area contributed by atoms with Crippen molar-refractivity contribution in [2.75, 3.05) is 6.54 Å². The van der Waals surface area contributed by atoms with Crippen LogP contribution in [-0.4, -0.2) is 29.0 Å². The molecule has 1 aromatic heterocycles. The Labute approximate surface area is 175 Å². The predicted octanol–water partition coefficient (Wildman–Crippen LogP) is 4.39. The molecule has 0 aliphatic heterocycles. The summed E-state index contributed by atoms with van der Waals surface area (Å²) >= 11 is 0. The van der Waals surface area contributed by atoms with Gasteiger partial charge in [-0.1, -0.05) is 42.5 Å². The molecular weight excluding hydrogens is 376 g/mol. The van der Waals surface area contributed by atoms with Crippen molar-refractivity contribution >= 4 is 28.4 Å². The first-order valence-electron chi connectivity index (χ1n) is 10.3. The van der Waals surface area contributed by atoms with Gasteiger partial charge in [0, 0.05) is 52.3 Å². The first-order chi connectivity index (χ1) is 14.6. The van der Waals surface area contributed by atoms with E-state index in [0.717, 1.165) is 11.9 Å². The van der Waals surface area contributed by atoms with Crippen molar-refractivity contribution < 1.29 is 14.4 Å². The van der Waals surface area contributed by atoms with Crippen LogP contribution in [0.15, 0.2) is 65.9 Å². The quantitative estimate of drug-likeness (QED) is 0.617. The molecule has 5 heteroatoms. The molecule has 0 unspecified atom stereocenters. The monoisotopic (exact) mass is 400 g/mol. The van der Waals surface area contributed by atoms with Gasteiger partial charge in [-0.05, 0) is 37.8 Å². The highest BCUT2D eigenvalue weighted by Gasteiger charge is 2.28. The number of ketones is 2. The fourth-order valence-electron chi connectivity index (χ4n) is 4.04. The van der Waals surface area contributed by atoms with E-state index in [0.29, 0.717) is 48.1 Å². The highest BCUT2D eigenvalue weighted by Crippen LogP contribution is 2.28. The summed E-state index contributed by atoms with van der Waals surface area (Å²) in [6.45, 7) is 2.26. The Bertz CT molecular complexity index is 1170. The molecule has 0 radical (unpaired) electrons. The largest absolute Gasteiger partial charge is 0.361 e. The van der Waals surface area contributed by atoms with Gasteiger partial charge in [-0.25, -0.2) is 0 Å². The lowest BCUT2D eigenvalue weighted by Gasteiger charge is -2.18. The first kappa shape index (κ1) is 19.8. The van der Waals surface area contributed by atoms with Crippen molar-refractivity contribution in [3.05, 3.63) is 82.6 Å². The number of benzene rings is 2. The molecule has 3 aromatic rings. The molecule has 0 fully saturated rings. The number of aromatic amines is 1. The number of hydrogen-bond donors (Lipinski definition) is 2. The highest BCUT2D eigenvalue weighted by molar-refractivity contribution is 6.26. The van der Waals surface area contributed by atoms with Gasteiger partial charge in [0.25, 0.3) is 0 Å². The summed E-state index contributed by atoms with van der Waals surface area (Å²) in [6, 6.07) is 15.0. The van der Waals surface area contributed by atoms with E-state index in [1.165, 1.54) is 10.9 Å². The number of carbonyl (C=O) groups is 3. The normalized spacial score (nSPS) is 13.6. The van der Waals surface area contributed by atoms with Crippen molar-refractivity contribution in [2.45, 2.75) is 32.6 Å². The van der Waals surface area contributed by atoms with E-state index < -0.39 is 0 Å². The minimum Gasteiger partial charge on any atom is -0.361 e. The molecule has 0 atom stereocenters. The Hall–Kier alpha value is -3.47. The topological polar surface area (TPSA) is 79.0 Å². The van der Waals surface area contributed by atoms with Gasteiger partial charge in [0.1, 0.15) is 0 Å². The molecule has 1 heterocycles. The Kier molecular flexibility index (Phi) is 5.61. The molecule has 5 nitrogen and oxygen atoms in total. The lowest BCUT2D eigenvalue weighted by atomic mass is 9.83. The second-order valence-corrected chi connectivity index (χ2v) is 7.62. The van der Waals surface area contributed by atoms with Crippen LogP contribution in [0.3, 0.4) is 0 Å². The Morgan fingerprint density at radius 1 is 0.933 bits per heavy atom. The van der Waals surface area contributed by atoms with Gasteiger partial charge in [-0.2, -0.15) is 0 Å². The lowest BCUT2D eigenvalue weighted by molar-refractivity contribution is -0.121. The number of Topliss-reactive ketones (excluding diaryl/α,β-unsaturated/α-hetero) is 2. The summed E-state index contributed by atoms with van der Waals surface area (Å²) in [5.74, 6) is -0.228. The van der Waals surface area contributed by atoms with Crippen LogP contribution in [0.2, 0.25) is 0 Å². The Balaban J connectivity index is 1.28. The number of H-pyrrole nitrogens is 1. The van der Waals surface area contributed by atoms with E-state index in [4.69, 9.17) is 0 Å². The molecular formula is C25H24N2O3. The molecule has 30 heavy (non-hydrogen) atoms. The van der Waals surface area contributed by atoms with Crippen LogP contribution in [0.5, 0.6) is 0 Å². The van der Waals surface area contributed by atoms with Crippen LogP contribution in [-0.2, 0) is 11.2 Å². The average Bonchev–Trinajstić information content (AvgIpc) is 3.18. The molecule has 0 saturated heterocycles. The molecule has 2 N–H and O–H groups in total. The molecule has 0 bridgehead atoms. The smallest absolute Gasteiger partial charge is 0.220 e. The molecule has 152 valence electrons. The van der Waals surface area contributed by atoms with Crippen molar-refractivity contribution in [1.82, 2.24) is 10.3 Å². The van der Waals surface area contributed by atoms with Gasteiger partial charge < -0.3 is 10.3 Å². The third-order valence-corrected chi connectivity index (χ3v) is 5.71. The van der Waals surface area contributed by atoms with Crippen LogP contribution in [0.25, 0.3) is 10.9 Å². The van der Waals surface area contributed by atoms with Gasteiger partial charge in [0.15, 0.2) is 11.6 Å². The fraction of sp³-hybridized carbons (Fsp3) is 0.240. The minimum absolute atomic E-state index is 0.0388. The number of carbonyl (C=O) groups excluding carboxylic acids is 3. The summed E-state index contributed by atoms with van der Waals surface area (Å²) in [6.07, 6.45) is 4.03. The zero-order chi connectivity index (χ0) is 21.1. The molecule has 1 aliphatic carbocycles. The second kappa shape index (κ2) is 8.49. The van der Waals surface area contributed by atoms with Gasteiger partial charge in [-0.3, -0.25) is 14.4 Å². The molecule has 0 saturated carbocycles. The van der Waals surface area contributed by atoms with Gasteiger partial charge in [0.05, 0.1) is 0 Å². The number of para-hydroxylation sites is 1. The first-order valence-corrected chi connectivity index (χ1v) is 10.3. The zero-order valence-corrected chi connectivity index (χ0v) is 17.0.